The molecule has 0 bridgehead atoms. The van der Waals surface area contributed by atoms with E-state index in [1.807, 2.05) is 0 Å². The van der Waals surface area contributed by atoms with Crippen molar-refractivity contribution in [3.63, 3.8) is 0 Å². The summed E-state index contributed by atoms with van der Waals surface area (Å²) in [7, 11) is -2.71. The lowest BCUT2D eigenvalue weighted by atomic mass is 10.6. The Morgan fingerprint density at radius 3 is 1.00 bits per heavy atom. The quantitative estimate of drug-likeness (QED) is 0.347. The van der Waals surface area contributed by atoms with Crippen LogP contribution in [0.2, 0.25) is 0 Å². The first kappa shape index (κ1) is 19.6. The maximum atomic E-state index is 6.85. The van der Waals surface area contributed by atoms with Crippen LogP contribution in [-0.4, -0.2) is 65.7 Å². The Kier molecular flexibility index (Phi) is 9.87. The smallest absolute Gasteiger partial charge is 0.246 e. The molecule has 0 heterocycles. The van der Waals surface area contributed by atoms with Crippen LogP contribution in [0, 0.1) is 0 Å². The summed E-state index contributed by atoms with van der Waals surface area (Å²) in [4.78, 5) is 0. The summed E-state index contributed by atoms with van der Waals surface area (Å²) < 4.78 is 4.33. The van der Waals surface area contributed by atoms with Crippen LogP contribution in [0.4, 0.5) is 0 Å². The van der Waals surface area contributed by atoms with Crippen LogP contribution < -0.4 is 0 Å². The zero-order valence-electron chi connectivity index (χ0n) is 13.3. The highest BCUT2D eigenvalue weighted by atomic mass is 35.7. The zero-order valence-corrected chi connectivity index (χ0v) is 15.8. The molecular formula is C12H30Cl2N4Si. The molecule has 0 N–H and O–H groups in total. The van der Waals surface area contributed by atoms with Crippen LogP contribution in [0.1, 0.15) is 41.5 Å². The standard InChI is InChI=1S/C12H30Cl2N4Si/c1-7-15(8-2)17(11-5)19(13,14)18(12-6)16(9-3)10-4/h7-12H2,1-6H3. The fourth-order valence-corrected chi connectivity index (χ4v) is 7.37. The minimum absolute atomic E-state index is 0.832. The SMILES string of the molecule is CCN(CC)N(CC)[Si](Cl)(Cl)N(CC)N(CC)CC. The summed E-state index contributed by atoms with van der Waals surface area (Å²) in [5.41, 5.74) is 0. The number of hydrogen-bond donors (Lipinski definition) is 0. The second kappa shape index (κ2) is 9.55. The van der Waals surface area contributed by atoms with Crippen LogP contribution in [0.15, 0.2) is 0 Å². The highest BCUT2D eigenvalue weighted by Gasteiger charge is 2.47. The Morgan fingerprint density at radius 2 is 0.842 bits per heavy atom. The van der Waals surface area contributed by atoms with Gasteiger partial charge in [0.1, 0.15) is 0 Å². The van der Waals surface area contributed by atoms with Gasteiger partial charge in [-0.1, -0.05) is 41.5 Å². The van der Waals surface area contributed by atoms with Crippen LogP contribution in [0.3, 0.4) is 0 Å². The Labute approximate surface area is 129 Å². The number of hydrogen-bond acceptors (Lipinski definition) is 4. The van der Waals surface area contributed by atoms with Gasteiger partial charge in [-0.3, -0.25) is 0 Å². The molecule has 0 saturated heterocycles. The lowest BCUT2D eigenvalue weighted by Gasteiger charge is -2.47. The van der Waals surface area contributed by atoms with Crippen molar-refractivity contribution in [1.82, 2.24) is 19.4 Å². The first-order valence-corrected chi connectivity index (χ1v) is 11.3. The Balaban J connectivity index is 5.24. The fourth-order valence-electron chi connectivity index (χ4n) is 2.38. The monoisotopic (exact) mass is 328 g/mol. The molecule has 19 heavy (non-hydrogen) atoms. The number of nitrogens with zero attached hydrogens (tertiary/aromatic N) is 4. The third-order valence-electron chi connectivity index (χ3n) is 3.36. The molecule has 0 radical (unpaired) electrons. The first-order valence-electron chi connectivity index (χ1n) is 7.37. The molecule has 0 aliphatic rings. The lowest BCUT2D eigenvalue weighted by Crippen LogP contribution is -2.67. The lowest BCUT2D eigenvalue weighted by molar-refractivity contribution is 0.0133. The van der Waals surface area contributed by atoms with Gasteiger partial charge in [0.15, 0.2) is 0 Å². The normalized spacial score (nSPS) is 13.3. The molecule has 0 aromatic heterocycles. The topological polar surface area (TPSA) is 13.0 Å². The third-order valence-corrected chi connectivity index (χ3v) is 8.14. The molecule has 0 aromatic rings. The molecule has 0 aliphatic heterocycles. The van der Waals surface area contributed by atoms with E-state index in [2.05, 4.69) is 60.9 Å². The van der Waals surface area contributed by atoms with Crippen molar-refractivity contribution < 1.29 is 0 Å². The van der Waals surface area contributed by atoms with Gasteiger partial charge >= 0.3 is 7.02 Å². The Hall–Kier alpha value is 0.637. The molecule has 7 heteroatoms. The van der Waals surface area contributed by atoms with Crippen molar-refractivity contribution in [1.29, 1.82) is 0 Å². The van der Waals surface area contributed by atoms with Crippen molar-refractivity contribution in [2.75, 3.05) is 39.3 Å². The molecule has 0 atom stereocenters. The summed E-state index contributed by atoms with van der Waals surface area (Å²) in [5, 5.41) is 4.47. The van der Waals surface area contributed by atoms with Crippen LogP contribution >= 0.6 is 22.2 Å². The number of halogens is 2. The van der Waals surface area contributed by atoms with Crippen molar-refractivity contribution >= 4 is 29.2 Å². The molecule has 0 fully saturated rings. The summed E-state index contributed by atoms with van der Waals surface area (Å²) >= 11 is 13.7. The second-order valence-corrected chi connectivity index (χ2v) is 10.0. The van der Waals surface area contributed by atoms with Gasteiger partial charge < -0.3 is 0 Å². The van der Waals surface area contributed by atoms with Crippen molar-refractivity contribution in [3.8, 4) is 0 Å². The van der Waals surface area contributed by atoms with Gasteiger partial charge in [0.05, 0.1) is 0 Å². The second-order valence-electron chi connectivity index (χ2n) is 4.22. The van der Waals surface area contributed by atoms with Gasteiger partial charge in [-0.15, -0.1) is 22.2 Å². The predicted molar refractivity (Wildman–Crippen MR) is 88.1 cm³/mol. The van der Waals surface area contributed by atoms with E-state index in [0.717, 1.165) is 39.3 Å². The van der Waals surface area contributed by atoms with Gasteiger partial charge in [0.2, 0.25) is 0 Å². The molecule has 0 amide bonds. The van der Waals surface area contributed by atoms with Gasteiger partial charge in [0, 0.05) is 39.3 Å². The Morgan fingerprint density at radius 1 is 0.579 bits per heavy atom. The van der Waals surface area contributed by atoms with Crippen LogP contribution in [0.5, 0.6) is 0 Å². The number of hydrazine groups is 2. The molecule has 0 aliphatic carbocycles. The summed E-state index contributed by atoms with van der Waals surface area (Å²) in [6, 6.07) is 0. The summed E-state index contributed by atoms with van der Waals surface area (Å²) in [6.45, 7) is 18.1. The van der Waals surface area contributed by atoms with E-state index < -0.39 is 7.02 Å². The van der Waals surface area contributed by atoms with E-state index in [1.54, 1.807) is 0 Å². The molecule has 0 saturated carbocycles. The molecular weight excluding hydrogens is 299 g/mol. The van der Waals surface area contributed by atoms with E-state index in [1.165, 1.54) is 0 Å². The average Bonchev–Trinajstić information content (AvgIpc) is 2.40. The Bertz CT molecular complexity index is 214. The highest BCUT2D eigenvalue weighted by Crippen LogP contribution is 2.27. The first-order chi connectivity index (χ1) is 8.94. The van der Waals surface area contributed by atoms with Crippen molar-refractivity contribution in [2.24, 2.45) is 0 Å². The molecule has 4 nitrogen and oxygen atoms in total. The fraction of sp³-hybridized carbons (Fsp3) is 1.00. The zero-order chi connectivity index (χ0) is 15.1. The van der Waals surface area contributed by atoms with Gasteiger partial charge in [-0.25, -0.2) is 19.4 Å². The molecule has 0 rings (SSSR count). The largest absolute Gasteiger partial charge is 0.436 e. The summed E-state index contributed by atoms with van der Waals surface area (Å²) in [5.74, 6) is 0. The minimum Gasteiger partial charge on any atom is -0.246 e. The van der Waals surface area contributed by atoms with Gasteiger partial charge in [-0.05, 0) is 0 Å². The molecule has 0 aromatic carbocycles. The maximum absolute atomic E-state index is 6.85. The van der Waals surface area contributed by atoms with E-state index in [0.29, 0.717) is 0 Å². The van der Waals surface area contributed by atoms with E-state index in [4.69, 9.17) is 22.2 Å². The van der Waals surface area contributed by atoms with E-state index in [9.17, 15) is 0 Å². The van der Waals surface area contributed by atoms with Gasteiger partial charge in [-0.2, -0.15) is 0 Å². The third kappa shape index (κ3) is 4.84. The van der Waals surface area contributed by atoms with Crippen molar-refractivity contribution in [3.05, 3.63) is 0 Å². The minimum atomic E-state index is -2.71. The van der Waals surface area contributed by atoms with E-state index in [-0.39, 0.29) is 0 Å². The van der Waals surface area contributed by atoms with Crippen LogP contribution in [-0.2, 0) is 0 Å². The predicted octanol–water partition coefficient (Wildman–Crippen LogP) is 3.06. The van der Waals surface area contributed by atoms with Gasteiger partial charge in [0.25, 0.3) is 0 Å². The van der Waals surface area contributed by atoms with Crippen LogP contribution in [0.25, 0.3) is 0 Å². The number of rotatable bonds is 10. The molecule has 0 spiro atoms. The van der Waals surface area contributed by atoms with E-state index >= 15 is 0 Å². The molecule has 116 valence electrons. The summed E-state index contributed by atoms with van der Waals surface area (Å²) in [6.07, 6.45) is 0. The van der Waals surface area contributed by atoms with Crippen molar-refractivity contribution in [2.45, 2.75) is 41.5 Å². The highest BCUT2D eigenvalue weighted by molar-refractivity contribution is 7.42. The maximum Gasteiger partial charge on any atom is 0.436 e. The molecule has 0 unspecified atom stereocenters. The average molecular weight is 329 g/mol.